The van der Waals surface area contributed by atoms with Crippen molar-refractivity contribution in [2.75, 3.05) is 4.90 Å². The van der Waals surface area contributed by atoms with Gasteiger partial charge in [0.25, 0.3) is 0 Å². The van der Waals surface area contributed by atoms with Gasteiger partial charge in [0, 0.05) is 27.7 Å². The molecule has 57 heavy (non-hydrogen) atoms. The van der Waals surface area contributed by atoms with Gasteiger partial charge >= 0.3 is 0 Å². The fourth-order valence-electron chi connectivity index (χ4n) is 8.19. The fraction of sp³-hybridized carbons (Fsp3) is 0. The van der Waals surface area contributed by atoms with E-state index in [0.29, 0.717) is 0 Å². The molecule has 11 aromatic rings. The largest absolute Gasteiger partial charge is 0.454 e. The van der Waals surface area contributed by atoms with E-state index in [4.69, 9.17) is 9.40 Å². The maximum Gasteiger partial charge on any atom is 0.161 e. The highest BCUT2D eigenvalue weighted by Gasteiger charge is 2.26. The van der Waals surface area contributed by atoms with Crippen LogP contribution in [-0.4, -0.2) is 4.98 Å². The first-order valence-electron chi connectivity index (χ1n) is 19.2. The molecule has 11 rings (SSSR count). The maximum atomic E-state index is 6.84. The number of hydrogen-bond donors (Lipinski definition) is 0. The summed E-state index contributed by atoms with van der Waals surface area (Å²) in [6.07, 6.45) is 0. The van der Waals surface area contributed by atoms with Gasteiger partial charge in [-0.15, -0.1) is 11.3 Å². The number of nitrogens with zero attached hydrogens (tertiary/aromatic N) is 2. The van der Waals surface area contributed by atoms with Crippen LogP contribution in [0.25, 0.3) is 86.9 Å². The number of anilines is 3. The van der Waals surface area contributed by atoms with Crippen LogP contribution in [-0.2, 0) is 0 Å². The fourth-order valence-corrected chi connectivity index (χ4v) is 9.20. The second kappa shape index (κ2) is 13.8. The van der Waals surface area contributed by atoms with Crippen molar-refractivity contribution < 1.29 is 4.42 Å². The molecule has 0 radical (unpaired) electrons. The molecule has 0 aliphatic heterocycles. The van der Waals surface area contributed by atoms with Crippen molar-refractivity contribution >= 4 is 71.3 Å². The van der Waals surface area contributed by atoms with E-state index in [9.17, 15) is 0 Å². The standard InChI is InChI=1S/C53H34N2OS/c1-4-14-35(15-5-1)36-24-28-40(29-25-36)55(41-30-26-38(27-31-41)43-33-32-42(37-16-6-2-7-17-37)44-20-10-11-21-45(43)44)51-50-49(57-53(54-50)39-18-8-3-9-19-39)34-47-46-22-12-13-23-48(46)56-52(47)51/h1-34H. The van der Waals surface area contributed by atoms with Gasteiger partial charge in [0.05, 0.1) is 4.70 Å². The molecular formula is C53H34N2OS. The summed E-state index contributed by atoms with van der Waals surface area (Å²) in [4.78, 5) is 7.72. The monoisotopic (exact) mass is 746 g/mol. The van der Waals surface area contributed by atoms with Crippen molar-refractivity contribution in [1.29, 1.82) is 0 Å². The van der Waals surface area contributed by atoms with E-state index < -0.39 is 0 Å². The Kier molecular flexibility index (Phi) is 8.01. The lowest BCUT2D eigenvalue weighted by Crippen LogP contribution is -2.11. The van der Waals surface area contributed by atoms with Crippen LogP contribution in [0.1, 0.15) is 0 Å². The SMILES string of the molecule is c1ccc(-c2ccc(N(c3ccc(-c4ccc(-c5ccccc5)c5ccccc45)cc3)c3c4nc(-c5ccccc5)sc4cc4c3oc3ccccc34)cc2)cc1. The van der Waals surface area contributed by atoms with Crippen molar-refractivity contribution in [2.24, 2.45) is 0 Å². The van der Waals surface area contributed by atoms with Gasteiger partial charge in [-0.2, -0.15) is 0 Å². The quantitative estimate of drug-likeness (QED) is 0.163. The summed E-state index contributed by atoms with van der Waals surface area (Å²) >= 11 is 1.72. The lowest BCUT2D eigenvalue weighted by Gasteiger charge is -2.26. The first-order chi connectivity index (χ1) is 28.3. The molecule has 0 saturated heterocycles. The zero-order valence-corrected chi connectivity index (χ0v) is 31.7. The van der Waals surface area contributed by atoms with Crippen LogP contribution < -0.4 is 4.90 Å². The van der Waals surface area contributed by atoms with Crippen LogP contribution in [0.4, 0.5) is 17.1 Å². The highest BCUT2D eigenvalue weighted by molar-refractivity contribution is 7.21. The summed E-state index contributed by atoms with van der Waals surface area (Å²) in [6, 6.07) is 73.2. The van der Waals surface area contributed by atoms with Crippen LogP contribution in [0.3, 0.4) is 0 Å². The van der Waals surface area contributed by atoms with Crippen molar-refractivity contribution in [1.82, 2.24) is 4.98 Å². The zero-order chi connectivity index (χ0) is 37.7. The predicted molar refractivity (Wildman–Crippen MR) is 241 cm³/mol. The molecule has 0 spiro atoms. The normalized spacial score (nSPS) is 11.5. The lowest BCUT2D eigenvalue weighted by atomic mass is 9.92. The molecule has 0 fully saturated rings. The van der Waals surface area contributed by atoms with Gasteiger partial charge in [-0.05, 0) is 80.6 Å². The molecule has 2 aromatic heterocycles. The molecule has 0 unspecified atom stereocenters. The average molecular weight is 747 g/mol. The average Bonchev–Trinajstić information content (AvgIpc) is 3.89. The zero-order valence-electron chi connectivity index (χ0n) is 30.8. The number of thiazole rings is 1. The van der Waals surface area contributed by atoms with Crippen LogP contribution in [0.2, 0.25) is 0 Å². The first-order valence-corrected chi connectivity index (χ1v) is 20.0. The number of aromatic nitrogens is 1. The third kappa shape index (κ3) is 5.78. The molecule has 2 heterocycles. The minimum absolute atomic E-state index is 0.812. The number of para-hydroxylation sites is 1. The molecule has 0 N–H and O–H groups in total. The molecule has 0 amide bonds. The molecule has 268 valence electrons. The van der Waals surface area contributed by atoms with Crippen molar-refractivity contribution in [3.63, 3.8) is 0 Å². The minimum atomic E-state index is 0.812. The molecule has 0 bridgehead atoms. The van der Waals surface area contributed by atoms with Crippen molar-refractivity contribution in [2.45, 2.75) is 0 Å². The Balaban J connectivity index is 1.12. The molecule has 4 heteroatoms. The second-order valence-corrected chi connectivity index (χ2v) is 15.3. The number of furan rings is 1. The van der Waals surface area contributed by atoms with Crippen molar-refractivity contribution in [3.8, 4) is 44.0 Å². The number of fused-ring (bicyclic) bond motifs is 5. The van der Waals surface area contributed by atoms with E-state index in [0.717, 1.165) is 70.9 Å². The Morgan fingerprint density at radius 1 is 0.404 bits per heavy atom. The Morgan fingerprint density at radius 3 is 1.49 bits per heavy atom. The molecular weight excluding hydrogens is 713 g/mol. The number of benzene rings is 9. The molecule has 0 aliphatic carbocycles. The molecule has 0 atom stereocenters. The molecule has 0 saturated carbocycles. The summed E-state index contributed by atoms with van der Waals surface area (Å²) < 4.78 is 7.94. The van der Waals surface area contributed by atoms with Crippen LogP contribution in [0, 0.1) is 0 Å². The van der Waals surface area contributed by atoms with E-state index in [1.54, 1.807) is 11.3 Å². The lowest BCUT2D eigenvalue weighted by molar-refractivity contribution is 0.669. The van der Waals surface area contributed by atoms with E-state index in [1.165, 1.54) is 33.0 Å². The highest BCUT2D eigenvalue weighted by Crippen LogP contribution is 2.49. The Bertz CT molecular complexity index is 3210. The second-order valence-electron chi connectivity index (χ2n) is 14.3. The number of rotatable bonds is 7. The van der Waals surface area contributed by atoms with Crippen LogP contribution >= 0.6 is 11.3 Å². The van der Waals surface area contributed by atoms with Gasteiger partial charge in [0.2, 0.25) is 0 Å². The number of hydrogen-bond acceptors (Lipinski definition) is 4. The summed E-state index contributed by atoms with van der Waals surface area (Å²) in [5, 5.41) is 5.60. The molecule has 9 aromatic carbocycles. The summed E-state index contributed by atoms with van der Waals surface area (Å²) in [5.41, 5.74) is 13.8. The Hall–Kier alpha value is -7.27. The van der Waals surface area contributed by atoms with Gasteiger partial charge in [-0.1, -0.05) is 170 Å². The maximum absolute atomic E-state index is 6.84. The van der Waals surface area contributed by atoms with Gasteiger partial charge in [-0.25, -0.2) is 4.98 Å². The smallest absolute Gasteiger partial charge is 0.161 e. The van der Waals surface area contributed by atoms with Crippen LogP contribution in [0.5, 0.6) is 0 Å². The van der Waals surface area contributed by atoms with E-state index in [2.05, 4.69) is 199 Å². The summed E-state index contributed by atoms with van der Waals surface area (Å²) in [6.45, 7) is 0. The summed E-state index contributed by atoms with van der Waals surface area (Å²) in [5.74, 6) is 0. The van der Waals surface area contributed by atoms with Crippen LogP contribution in [0.15, 0.2) is 211 Å². The molecule has 0 aliphatic rings. The first kappa shape index (κ1) is 33.1. The van der Waals surface area contributed by atoms with E-state index in [-0.39, 0.29) is 0 Å². The van der Waals surface area contributed by atoms with Gasteiger partial charge in [0.15, 0.2) is 5.58 Å². The topological polar surface area (TPSA) is 29.3 Å². The van der Waals surface area contributed by atoms with Gasteiger partial charge < -0.3 is 9.32 Å². The third-order valence-electron chi connectivity index (χ3n) is 10.9. The van der Waals surface area contributed by atoms with Crippen molar-refractivity contribution in [3.05, 3.63) is 206 Å². The predicted octanol–water partition coefficient (Wildman–Crippen LogP) is 15.5. The van der Waals surface area contributed by atoms with Gasteiger partial charge in [0.1, 0.15) is 21.8 Å². The third-order valence-corrected chi connectivity index (χ3v) is 12.0. The van der Waals surface area contributed by atoms with Gasteiger partial charge in [-0.3, -0.25) is 0 Å². The minimum Gasteiger partial charge on any atom is -0.454 e. The molecule has 3 nitrogen and oxygen atoms in total. The highest BCUT2D eigenvalue weighted by atomic mass is 32.1. The Morgan fingerprint density at radius 2 is 0.877 bits per heavy atom. The summed E-state index contributed by atoms with van der Waals surface area (Å²) in [7, 11) is 0. The Labute approximate surface area is 334 Å². The van der Waals surface area contributed by atoms with E-state index >= 15 is 0 Å². The van der Waals surface area contributed by atoms with E-state index in [1.807, 2.05) is 12.1 Å².